The average Bonchev–Trinajstić information content (AvgIpc) is 2.67. The van der Waals surface area contributed by atoms with Crippen molar-refractivity contribution in [1.29, 1.82) is 0 Å². The van der Waals surface area contributed by atoms with Gasteiger partial charge in [0.15, 0.2) is 0 Å². The standard InChI is InChI=1S/2C10H7NO3/c2*12-9-6-5-7-3-1-2-4-8(7)11(9)10(13)14/h2*1-6H,(H,13,14). The molecule has 0 amide bonds. The van der Waals surface area contributed by atoms with Crippen LogP contribution in [0.2, 0.25) is 0 Å². The molecule has 4 rings (SSSR count). The van der Waals surface area contributed by atoms with E-state index >= 15 is 0 Å². The molecule has 0 aliphatic rings. The minimum Gasteiger partial charge on any atom is -0.464 e. The van der Waals surface area contributed by atoms with Crippen molar-refractivity contribution in [3.8, 4) is 0 Å². The van der Waals surface area contributed by atoms with Crippen molar-refractivity contribution in [1.82, 2.24) is 9.13 Å². The van der Waals surface area contributed by atoms with Crippen LogP contribution in [0.4, 0.5) is 9.59 Å². The van der Waals surface area contributed by atoms with Gasteiger partial charge in [-0.05, 0) is 35.0 Å². The van der Waals surface area contributed by atoms with Crippen molar-refractivity contribution < 1.29 is 19.8 Å². The predicted octanol–water partition coefficient (Wildman–Crippen LogP) is 3.06. The van der Waals surface area contributed by atoms with Crippen LogP contribution in [0, 0.1) is 0 Å². The van der Waals surface area contributed by atoms with Crippen LogP contribution in [0.15, 0.2) is 82.4 Å². The number of benzene rings is 2. The third-order valence-corrected chi connectivity index (χ3v) is 3.99. The maximum Gasteiger partial charge on any atom is 0.419 e. The van der Waals surface area contributed by atoms with Gasteiger partial charge in [0.05, 0.1) is 11.0 Å². The topological polar surface area (TPSA) is 119 Å². The zero-order valence-electron chi connectivity index (χ0n) is 14.4. The second-order valence-electron chi connectivity index (χ2n) is 5.70. The zero-order valence-corrected chi connectivity index (χ0v) is 14.4. The van der Waals surface area contributed by atoms with E-state index in [0.717, 1.165) is 19.9 Å². The number of hydrogen-bond acceptors (Lipinski definition) is 4. The molecule has 28 heavy (non-hydrogen) atoms. The highest BCUT2D eigenvalue weighted by Crippen LogP contribution is 2.11. The van der Waals surface area contributed by atoms with E-state index < -0.39 is 23.3 Å². The number of hydrogen-bond donors (Lipinski definition) is 2. The molecule has 0 aliphatic heterocycles. The van der Waals surface area contributed by atoms with E-state index in [1.807, 2.05) is 0 Å². The van der Waals surface area contributed by atoms with Gasteiger partial charge in [-0.1, -0.05) is 36.4 Å². The Bertz CT molecular complexity index is 1220. The predicted molar refractivity (Wildman–Crippen MR) is 103 cm³/mol. The molecule has 0 atom stereocenters. The Balaban J connectivity index is 0.000000161. The van der Waals surface area contributed by atoms with Gasteiger partial charge in [-0.25, -0.2) is 18.7 Å². The monoisotopic (exact) mass is 378 g/mol. The number of para-hydroxylation sites is 2. The summed E-state index contributed by atoms with van der Waals surface area (Å²) >= 11 is 0. The third kappa shape index (κ3) is 3.51. The van der Waals surface area contributed by atoms with E-state index in [0.29, 0.717) is 11.0 Å². The van der Waals surface area contributed by atoms with Crippen LogP contribution >= 0.6 is 0 Å². The van der Waals surface area contributed by atoms with E-state index in [9.17, 15) is 19.2 Å². The Morgan fingerprint density at radius 3 is 1.29 bits per heavy atom. The van der Waals surface area contributed by atoms with Crippen LogP contribution in [0.25, 0.3) is 21.8 Å². The Hall–Kier alpha value is -4.20. The van der Waals surface area contributed by atoms with Crippen LogP contribution < -0.4 is 11.1 Å². The van der Waals surface area contributed by atoms with Gasteiger partial charge < -0.3 is 10.2 Å². The van der Waals surface area contributed by atoms with Crippen LogP contribution in [-0.4, -0.2) is 31.5 Å². The lowest BCUT2D eigenvalue weighted by Crippen LogP contribution is -2.24. The first-order valence-electron chi connectivity index (χ1n) is 8.08. The summed E-state index contributed by atoms with van der Waals surface area (Å²) in [5.74, 6) is 0. The van der Waals surface area contributed by atoms with Gasteiger partial charge >= 0.3 is 12.2 Å². The SMILES string of the molecule is O=C(O)n1c(=O)ccc2ccccc21.O=C(O)n1c(=O)ccc2ccccc21. The van der Waals surface area contributed by atoms with Crippen molar-refractivity contribution in [2.75, 3.05) is 0 Å². The number of rotatable bonds is 0. The van der Waals surface area contributed by atoms with Crippen LogP contribution in [-0.2, 0) is 0 Å². The molecule has 0 aliphatic carbocycles. The number of aromatic nitrogens is 2. The lowest BCUT2D eigenvalue weighted by Gasteiger charge is -2.03. The second-order valence-corrected chi connectivity index (χ2v) is 5.70. The first-order chi connectivity index (χ1) is 13.4. The number of nitrogens with zero attached hydrogens (tertiary/aromatic N) is 2. The quantitative estimate of drug-likeness (QED) is 0.485. The molecule has 140 valence electrons. The van der Waals surface area contributed by atoms with Gasteiger partial charge in [0.2, 0.25) is 0 Å². The summed E-state index contributed by atoms with van der Waals surface area (Å²) in [6, 6.07) is 19.4. The van der Waals surface area contributed by atoms with Crippen molar-refractivity contribution in [3.05, 3.63) is 93.5 Å². The summed E-state index contributed by atoms with van der Waals surface area (Å²) in [4.78, 5) is 44.1. The van der Waals surface area contributed by atoms with E-state index in [2.05, 4.69) is 0 Å². The molecular formula is C20H14N2O6. The van der Waals surface area contributed by atoms with Gasteiger partial charge in [-0.2, -0.15) is 0 Å². The van der Waals surface area contributed by atoms with Crippen molar-refractivity contribution in [2.45, 2.75) is 0 Å². The van der Waals surface area contributed by atoms with Crippen LogP contribution in [0.3, 0.4) is 0 Å². The lowest BCUT2D eigenvalue weighted by molar-refractivity contribution is 0.195. The first-order valence-corrected chi connectivity index (χ1v) is 8.08. The molecule has 0 bridgehead atoms. The number of carboxylic acid groups (broad SMARTS) is 2. The molecule has 0 saturated carbocycles. The molecule has 2 heterocycles. The van der Waals surface area contributed by atoms with E-state index in [-0.39, 0.29) is 0 Å². The normalized spacial score (nSPS) is 10.3. The Morgan fingerprint density at radius 2 is 0.929 bits per heavy atom. The highest BCUT2D eigenvalue weighted by Gasteiger charge is 2.08. The van der Waals surface area contributed by atoms with Gasteiger partial charge in [0.25, 0.3) is 11.1 Å². The summed E-state index contributed by atoms with van der Waals surface area (Å²) in [6.07, 6.45) is -2.52. The average molecular weight is 378 g/mol. The van der Waals surface area contributed by atoms with Gasteiger partial charge in [0, 0.05) is 12.1 Å². The van der Waals surface area contributed by atoms with Crippen molar-refractivity contribution in [2.24, 2.45) is 0 Å². The summed E-state index contributed by atoms with van der Waals surface area (Å²) in [5, 5.41) is 19.1. The number of fused-ring (bicyclic) bond motifs is 2. The van der Waals surface area contributed by atoms with Gasteiger partial charge in [-0.3, -0.25) is 9.59 Å². The molecular weight excluding hydrogens is 364 g/mol. The van der Waals surface area contributed by atoms with E-state index in [1.165, 1.54) is 12.1 Å². The molecule has 2 aromatic heterocycles. The Kier molecular flexibility index (Phi) is 5.03. The lowest BCUT2D eigenvalue weighted by atomic mass is 10.2. The summed E-state index contributed by atoms with van der Waals surface area (Å²) in [7, 11) is 0. The molecule has 0 spiro atoms. The smallest absolute Gasteiger partial charge is 0.419 e. The number of carbonyl (C=O) groups is 2. The molecule has 2 aromatic carbocycles. The van der Waals surface area contributed by atoms with E-state index in [4.69, 9.17) is 10.2 Å². The fourth-order valence-electron chi connectivity index (χ4n) is 2.77. The van der Waals surface area contributed by atoms with Crippen LogP contribution in [0.5, 0.6) is 0 Å². The van der Waals surface area contributed by atoms with Crippen molar-refractivity contribution in [3.63, 3.8) is 0 Å². The summed E-state index contributed by atoms with van der Waals surface area (Å²) in [5.41, 5.74) is -0.243. The Morgan fingerprint density at radius 1 is 0.571 bits per heavy atom. The summed E-state index contributed by atoms with van der Waals surface area (Å²) in [6.45, 7) is 0. The molecule has 0 radical (unpaired) electrons. The second kappa shape index (κ2) is 7.58. The summed E-state index contributed by atoms with van der Waals surface area (Å²) < 4.78 is 1.46. The zero-order chi connectivity index (χ0) is 20.3. The van der Waals surface area contributed by atoms with E-state index in [1.54, 1.807) is 60.7 Å². The molecule has 0 saturated heterocycles. The van der Waals surface area contributed by atoms with Gasteiger partial charge in [0.1, 0.15) is 0 Å². The molecule has 4 aromatic rings. The maximum absolute atomic E-state index is 11.3. The fourth-order valence-corrected chi connectivity index (χ4v) is 2.77. The van der Waals surface area contributed by atoms with Crippen molar-refractivity contribution >= 4 is 34.0 Å². The fraction of sp³-hybridized carbons (Fsp3) is 0. The Labute approximate surface area is 157 Å². The molecule has 0 unspecified atom stereocenters. The first kappa shape index (κ1) is 18.6. The van der Waals surface area contributed by atoms with Gasteiger partial charge in [-0.15, -0.1) is 0 Å². The molecule has 8 heteroatoms. The minimum absolute atomic E-state index is 0.410. The molecule has 2 N–H and O–H groups in total. The largest absolute Gasteiger partial charge is 0.464 e. The maximum atomic E-state index is 11.3. The third-order valence-electron chi connectivity index (χ3n) is 3.99. The van der Waals surface area contributed by atoms with Crippen LogP contribution in [0.1, 0.15) is 0 Å². The number of pyridine rings is 2. The highest BCUT2D eigenvalue weighted by molar-refractivity contribution is 5.87. The highest BCUT2D eigenvalue weighted by atomic mass is 16.4. The molecule has 8 nitrogen and oxygen atoms in total. The minimum atomic E-state index is -1.26. The molecule has 0 fully saturated rings.